The fraction of sp³-hybridized carbons (Fsp3) is 0.333. The number of benzene rings is 1. The molecule has 1 aliphatic rings. The van der Waals surface area contributed by atoms with Crippen LogP contribution in [0, 0.1) is 0 Å². The Labute approximate surface area is 125 Å². The zero-order valence-corrected chi connectivity index (χ0v) is 12.0. The van der Waals surface area contributed by atoms with Crippen molar-refractivity contribution in [2.24, 2.45) is 0 Å². The molecule has 0 radical (unpaired) electrons. The zero-order chi connectivity index (χ0) is 15.9. The summed E-state index contributed by atoms with van der Waals surface area (Å²) in [5, 5.41) is 22.5. The summed E-state index contributed by atoms with van der Waals surface area (Å²) in [6, 6.07) is 5.42. The molecule has 4 N–H and O–H groups in total. The Morgan fingerprint density at radius 3 is 2.77 bits per heavy atom. The Morgan fingerprint density at radius 2 is 2.14 bits per heavy atom. The molecule has 116 valence electrons. The maximum absolute atomic E-state index is 11.8. The zero-order valence-electron chi connectivity index (χ0n) is 12.0. The van der Waals surface area contributed by atoms with E-state index in [1.807, 2.05) is 6.07 Å². The summed E-state index contributed by atoms with van der Waals surface area (Å²) in [5.74, 6) is -1.69. The molecule has 0 amide bonds. The quantitative estimate of drug-likeness (QED) is 0.672. The maximum atomic E-state index is 11.8. The normalized spacial score (nSPS) is 20.6. The minimum Gasteiger partial charge on any atom is -0.497 e. The summed E-state index contributed by atoms with van der Waals surface area (Å²) in [6.07, 6.45) is 0.0937. The van der Waals surface area contributed by atoms with Crippen molar-refractivity contribution < 1.29 is 24.5 Å². The van der Waals surface area contributed by atoms with Gasteiger partial charge in [-0.2, -0.15) is 0 Å². The van der Waals surface area contributed by atoms with Crippen molar-refractivity contribution in [1.82, 2.24) is 10.3 Å². The van der Waals surface area contributed by atoms with Gasteiger partial charge >= 0.3 is 11.9 Å². The van der Waals surface area contributed by atoms with Gasteiger partial charge in [0.1, 0.15) is 5.75 Å². The van der Waals surface area contributed by atoms with E-state index in [0.717, 1.165) is 16.5 Å². The Bertz CT molecular complexity index is 767. The van der Waals surface area contributed by atoms with Gasteiger partial charge in [0.05, 0.1) is 19.2 Å². The van der Waals surface area contributed by atoms with Crippen molar-refractivity contribution in [1.29, 1.82) is 0 Å². The largest absolute Gasteiger partial charge is 0.497 e. The molecule has 1 unspecified atom stereocenters. The lowest BCUT2D eigenvalue weighted by molar-refractivity contribution is -0.152. The second-order valence-corrected chi connectivity index (χ2v) is 5.35. The molecule has 7 nitrogen and oxygen atoms in total. The minimum atomic E-state index is -1.63. The first kappa shape index (κ1) is 14.4. The Balaban J connectivity index is 2.25. The van der Waals surface area contributed by atoms with Crippen molar-refractivity contribution >= 4 is 22.8 Å². The fourth-order valence-corrected chi connectivity index (χ4v) is 3.10. The molecule has 0 saturated heterocycles. The van der Waals surface area contributed by atoms with E-state index in [9.17, 15) is 14.7 Å². The SMILES string of the molecule is COc1ccc2[nH]c3c(c2c1)CCNC3(CC(=O)O)C(=O)O. The van der Waals surface area contributed by atoms with Crippen LogP contribution < -0.4 is 10.1 Å². The molecule has 0 saturated carbocycles. The van der Waals surface area contributed by atoms with Crippen LogP contribution in [-0.2, 0) is 21.5 Å². The second-order valence-electron chi connectivity index (χ2n) is 5.35. The smallest absolute Gasteiger partial charge is 0.330 e. The number of aromatic amines is 1. The van der Waals surface area contributed by atoms with Crippen LogP contribution in [0.4, 0.5) is 0 Å². The topological polar surface area (TPSA) is 112 Å². The highest BCUT2D eigenvalue weighted by atomic mass is 16.5. The Morgan fingerprint density at radius 1 is 1.36 bits per heavy atom. The van der Waals surface area contributed by atoms with Crippen molar-refractivity contribution in [3.05, 3.63) is 29.5 Å². The van der Waals surface area contributed by atoms with E-state index < -0.39 is 23.9 Å². The van der Waals surface area contributed by atoms with Crippen LogP contribution in [0.5, 0.6) is 5.75 Å². The van der Waals surface area contributed by atoms with E-state index in [1.54, 1.807) is 19.2 Å². The number of carboxylic acids is 2. The third-order valence-electron chi connectivity index (χ3n) is 4.12. The van der Waals surface area contributed by atoms with Crippen LogP contribution in [0.1, 0.15) is 17.7 Å². The van der Waals surface area contributed by atoms with Gasteiger partial charge in [0.15, 0.2) is 5.54 Å². The van der Waals surface area contributed by atoms with E-state index in [4.69, 9.17) is 9.84 Å². The summed E-state index contributed by atoms with van der Waals surface area (Å²) in [6.45, 7) is 0.400. The molecule has 1 aromatic heterocycles. The third kappa shape index (κ3) is 2.01. The molecule has 0 spiro atoms. The maximum Gasteiger partial charge on any atom is 0.330 e. The molecular weight excluding hydrogens is 288 g/mol. The van der Waals surface area contributed by atoms with E-state index in [0.29, 0.717) is 24.4 Å². The van der Waals surface area contributed by atoms with Gasteiger partial charge in [0, 0.05) is 17.4 Å². The summed E-state index contributed by atoms with van der Waals surface area (Å²) in [7, 11) is 1.56. The lowest BCUT2D eigenvalue weighted by Gasteiger charge is -2.33. The predicted octanol–water partition coefficient (Wildman–Crippen LogP) is 1.08. The van der Waals surface area contributed by atoms with E-state index in [1.165, 1.54) is 0 Å². The van der Waals surface area contributed by atoms with E-state index >= 15 is 0 Å². The number of aliphatic carboxylic acids is 2. The van der Waals surface area contributed by atoms with E-state index in [2.05, 4.69) is 10.3 Å². The first-order valence-corrected chi connectivity index (χ1v) is 6.87. The van der Waals surface area contributed by atoms with Crippen LogP contribution in [0.25, 0.3) is 10.9 Å². The summed E-state index contributed by atoms with van der Waals surface area (Å²) in [4.78, 5) is 26.1. The van der Waals surface area contributed by atoms with Crippen molar-refractivity contribution in [3.8, 4) is 5.75 Å². The molecule has 7 heteroatoms. The number of hydrogen-bond acceptors (Lipinski definition) is 4. The monoisotopic (exact) mass is 304 g/mol. The van der Waals surface area contributed by atoms with Gasteiger partial charge in [-0.15, -0.1) is 0 Å². The number of H-pyrrole nitrogens is 1. The minimum absolute atomic E-state index is 0.400. The average Bonchev–Trinajstić information content (AvgIpc) is 2.85. The van der Waals surface area contributed by atoms with E-state index in [-0.39, 0.29) is 0 Å². The number of hydrogen-bond donors (Lipinski definition) is 4. The Hall–Kier alpha value is -2.54. The predicted molar refractivity (Wildman–Crippen MR) is 78.1 cm³/mol. The summed E-state index contributed by atoms with van der Waals surface area (Å²) < 4.78 is 5.21. The molecule has 2 aromatic rings. The Kier molecular flexibility index (Phi) is 3.29. The van der Waals surface area contributed by atoms with Gasteiger partial charge in [-0.05, 0) is 30.2 Å². The molecular formula is C15H16N2O5. The van der Waals surface area contributed by atoms with Gasteiger partial charge in [0.25, 0.3) is 0 Å². The molecule has 0 fully saturated rings. The molecule has 1 aromatic carbocycles. The standard InChI is InChI=1S/C15H16N2O5/c1-22-8-2-3-11-10(6-8)9-4-5-16-15(14(20)21,7-12(18)19)13(9)17-11/h2-3,6,16-17H,4-5,7H2,1H3,(H,18,19)(H,20,21). The lowest BCUT2D eigenvalue weighted by atomic mass is 9.84. The van der Waals surface area contributed by atoms with Crippen LogP contribution in [-0.4, -0.2) is 40.8 Å². The number of methoxy groups -OCH3 is 1. The molecule has 1 aliphatic heterocycles. The molecule has 0 bridgehead atoms. The molecule has 22 heavy (non-hydrogen) atoms. The van der Waals surface area contributed by atoms with Crippen molar-refractivity contribution in [2.75, 3.05) is 13.7 Å². The fourth-order valence-electron chi connectivity index (χ4n) is 3.10. The van der Waals surface area contributed by atoms with Gasteiger partial charge in [0.2, 0.25) is 0 Å². The average molecular weight is 304 g/mol. The number of carbonyl (C=O) groups is 2. The van der Waals surface area contributed by atoms with Gasteiger partial charge in [-0.1, -0.05) is 0 Å². The molecule has 3 rings (SSSR count). The molecule has 0 aliphatic carbocycles. The number of carboxylic acid groups (broad SMARTS) is 2. The highest BCUT2D eigenvalue weighted by molar-refractivity contribution is 5.93. The number of nitrogens with one attached hydrogen (secondary N) is 2. The van der Waals surface area contributed by atoms with Crippen molar-refractivity contribution in [3.63, 3.8) is 0 Å². The van der Waals surface area contributed by atoms with Crippen LogP contribution in [0.15, 0.2) is 18.2 Å². The summed E-state index contributed by atoms with van der Waals surface area (Å²) in [5.41, 5.74) is 0.379. The number of aromatic nitrogens is 1. The molecule has 1 atom stereocenters. The number of rotatable bonds is 4. The van der Waals surface area contributed by atoms with Gasteiger partial charge < -0.3 is 19.9 Å². The summed E-state index contributed by atoms with van der Waals surface area (Å²) >= 11 is 0. The first-order valence-electron chi connectivity index (χ1n) is 6.87. The third-order valence-corrected chi connectivity index (χ3v) is 4.12. The van der Waals surface area contributed by atoms with Gasteiger partial charge in [-0.3, -0.25) is 10.1 Å². The van der Waals surface area contributed by atoms with Gasteiger partial charge in [-0.25, -0.2) is 4.79 Å². The van der Waals surface area contributed by atoms with Crippen LogP contribution in [0.3, 0.4) is 0 Å². The highest BCUT2D eigenvalue weighted by Gasteiger charge is 2.47. The van der Waals surface area contributed by atoms with Crippen molar-refractivity contribution in [2.45, 2.75) is 18.4 Å². The number of ether oxygens (including phenoxy) is 1. The second kappa shape index (κ2) is 5.03. The number of fused-ring (bicyclic) bond motifs is 3. The van der Waals surface area contributed by atoms with Crippen LogP contribution in [0.2, 0.25) is 0 Å². The van der Waals surface area contributed by atoms with Crippen LogP contribution >= 0.6 is 0 Å². The lowest BCUT2D eigenvalue weighted by Crippen LogP contribution is -2.54. The molecule has 2 heterocycles. The first-order chi connectivity index (χ1) is 10.5. The highest BCUT2D eigenvalue weighted by Crippen LogP contribution is 2.37.